The van der Waals surface area contributed by atoms with Crippen LogP contribution in [0.1, 0.15) is 89.5 Å². The lowest BCUT2D eigenvalue weighted by Crippen LogP contribution is -2.40. The van der Waals surface area contributed by atoms with Crippen molar-refractivity contribution in [3.05, 3.63) is 35.9 Å². The molecule has 1 heterocycles. The summed E-state index contributed by atoms with van der Waals surface area (Å²) in [5, 5.41) is 0. The predicted octanol–water partition coefficient (Wildman–Crippen LogP) is 6.39. The number of likely N-dealkylation sites (tertiary alicyclic amines) is 1. The second kappa shape index (κ2) is 13.1. The zero-order chi connectivity index (χ0) is 18.5. The van der Waals surface area contributed by atoms with Gasteiger partial charge in [-0.25, -0.2) is 0 Å². The Morgan fingerprint density at radius 2 is 1.50 bits per heavy atom. The molecule has 0 spiro atoms. The molecule has 2 heteroatoms. The first-order valence-corrected chi connectivity index (χ1v) is 11.1. The first kappa shape index (κ1) is 21.2. The number of unbranched alkanes of at least 4 members (excludes halogenated alkanes) is 9. The number of hydrogen-bond donors (Lipinski definition) is 0. The molecule has 2 rings (SSSR count). The zero-order valence-corrected chi connectivity index (χ0v) is 16.9. The lowest BCUT2D eigenvalue weighted by atomic mass is 9.90. The molecule has 2 nitrogen and oxygen atoms in total. The van der Waals surface area contributed by atoms with Gasteiger partial charge in [-0.15, -0.1) is 0 Å². The standard InChI is InChI=1S/C24H39NO/c1-2-3-4-5-6-7-8-9-10-14-17-23-21-25(19-18-24(23)26)20-22-15-12-11-13-16-22/h11-13,15-16,23H,2-10,14,17-21H2,1H3. The number of carbonyl (C=O) groups is 1. The molecule has 0 bridgehead atoms. The summed E-state index contributed by atoms with van der Waals surface area (Å²) in [6.45, 7) is 5.16. The molecule has 0 N–H and O–H groups in total. The number of carbonyl (C=O) groups excluding carboxylic acids is 1. The van der Waals surface area contributed by atoms with Crippen molar-refractivity contribution in [1.29, 1.82) is 0 Å². The number of nitrogens with zero attached hydrogens (tertiary/aromatic N) is 1. The van der Waals surface area contributed by atoms with Gasteiger partial charge in [0.2, 0.25) is 0 Å². The van der Waals surface area contributed by atoms with Crippen LogP contribution in [0, 0.1) is 5.92 Å². The van der Waals surface area contributed by atoms with Gasteiger partial charge >= 0.3 is 0 Å². The molecule has 1 aliphatic rings. The highest BCUT2D eigenvalue weighted by Gasteiger charge is 2.26. The molecule has 1 unspecified atom stereocenters. The molecular formula is C24H39NO. The van der Waals surface area contributed by atoms with E-state index in [0.717, 1.165) is 32.5 Å². The van der Waals surface area contributed by atoms with Crippen LogP contribution in [0.25, 0.3) is 0 Å². The van der Waals surface area contributed by atoms with Crippen molar-refractivity contribution in [2.75, 3.05) is 13.1 Å². The van der Waals surface area contributed by atoms with Crippen molar-refractivity contribution < 1.29 is 4.79 Å². The van der Waals surface area contributed by atoms with Crippen molar-refractivity contribution in [3.8, 4) is 0 Å². The van der Waals surface area contributed by atoms with E-state index in [0.29, 0.717) is 5.78 Å². The molecule has 1 aliphatic heterocycles. The van der Waals surface area contributed by atoms with Crippen molar-refractivity contribution in [1.82, 2.24) is 4.90 Å². The van der Waals surface area contributed by atoms with Crippen molar-refractivity contribution >= 4 is 5.78 Å². The smallest absolute Gasteiger partial charge is 0.138 e. The van der Waals surface area contributed by atoms with Crippen LogP contribution in [0.3, 0.4) is 0 Å². The number of hydrogen-bond acceptors (Lipinski definition) is 2. The summed E-state index contributed by atoms with van der Waals surface area (Å²) in [7, 11) is 0. The van der Waals surface area contributed by atoms with Gasteiger partial charge in [0, 0.05) is 32.0 Å². The molecule has 0 aliphatic carbocycles. The Hall–Kier alpha value is -1.15. The Morgan fingerprint density at radius 1 is 0.885 bits per heavy atom. The SMILES string of the molecule is CCCCCCCCCCCCC1CN(Cc2ccccc2)CCC1=O. The maximum atomic E-state index is 12.3. The lowest BCUT2D eigenvalue weighted by molar-refractivity contribution is -0.126. The van der Waals surface area contributed by atoms with Crippen LogP contribution < -0.4 is 0 Å². The van der Waals surface area contributed by atoms with Gasteiger partial charge in [-0.05, 0) is 12.0 Å². The molecule has 0 aromatic heterocycles. The minimum Gasteiger partial charge on any atom is -0.299 e. The Kier molecular flexibility index (Phi) is 10.6. The van der Waals surface area contributed by atoms with Gasteiger partial charge in [0.1, 0.15) is 5.78 Å². The summed E-state index contributed by atoms with van der Waals surface area (Å²) >= 11 is 0. The maximum Gasteiger partial charge on any atom is 0.138 e. The van der Waals surface area contributed by atoms with E-state index in [-0.39, 0.29) is 5.92 Å². The Bertz CT molecular complexity index is 484. The van der Waals surface area contributed by atoms with Gasteiger partial charge < -0.3 is 0 Å². The van der Waals surface area contributed by atoms with Gasteiger partial charge in [-0.2, -0.15) is 0 Å². The van der Waals surface area contributed by atoms with E-state index < -0.39 is 0 Å². The largest absolute Gasteiger partial charge is 0.299 e. The van der Waals surface area contributed by atoms with Crippen LogP contribution >= 0.6 is 0 Å². The summed E-state index contributed by atoms with van der Waals surface area (Å²) in [5.41, 5.74) is 1.36. The number of piperidine rings is 1. The Balaban J connectivity index is 1.54. The third kappa shape index (κ3) is 8.49. The van der Waals surface area contributed by atoms with Crippen LogP contribution in [0.15, 0.2) is 30.3 Å². The third-order valence-corrected chi connectivity index (χ3v) is 5.76. The fourth-order valence-electron chi connectivity index (χ4n) is 4.09. The molecule has 146 valence electrons. The maximum absolute atomic E-state index is 12.3. The molecule has 0 amide bonds. The fourth-order valence-corrected chi connectivity index (χ4v) is 4.09. The fraction of sp³-hybridized carbons (Fsp3) is 0.708. The minimum absolute atomic E-state index is 0.279. The Morgan fingerprint density at radius 3 is 2.15 bits per heavy atom. The van der Waals surface area contributed by atoms with Gasteiger partial charge in [0.05, 0.1) is 0 Å². The molecule has 0 radical (unpaired) electrons. The van der Waals surface area contributed by atoms with E-state index >= 15 is 0 Å². The van der Waals surface area contributed by atoms with E-state index in [2.05, 4.69) is 42.2 Å². The van der Waals surface area contributed by atoms with Crippen LogP contribution in [0.4, 0.5) is 0 Å². The van der Waals surface area contributed by atoms with Crippen LogP contribution in [-0.4, -0.2) is 23.8 Å². The number of benzene rings is 1. The highest BCUT2D eigenvalue weighted by molar-refractivity contribution is 5.82. The van der Waals surface area contributed by atoms with Crippen LogP contribution in [0.5, 0.6) is 0 Å². The van der Waals surface area contributed by atoms with E-state index in [1.165, 1.54) is 69.8 Å². The van der Waals surface area contributed by atoms with E-state index in [1.54, 1.807) is 0 Å². The lowest BCUT2D eigenvalue weighted by Gasteiger charge is -2.31. The quantitative estimate of drug-likeness (QED) is 0.381. The van der Waals surface area contributed by atoms with E-state index in [9.17, 15) is 4.79 Å². The van der Waals surface area contributed by atoms with Crippen molar-refractivity contribution in [2.24, 2.45) is 5.92 Å². The van der Waals surface area contributed by atoms with Crippen molar-refractivity contribution in [2.45, 2.75) is 90.5 Å². The highest BCUT2D eigenvalue weighted by Crippen LogP contribution is 2.21. The second-order valence-electron chi connectivity index (χ2n) is 8.10. The monoisotopic (exact) mass is 357 g/mol. The summed E-state index contributed by atoms with van der Waals surface area (Å²) in [5.74, 6) is 0.784. The van der Waals surface area contributed by atoms with Gasteiger partial charge in [0.15, 0.2) is 0 Å². The Labute approximate surface area is 161 Å². The van der Waals surface area contributed by atoms with E-state index in [1.807, 2.05) is 0 Å². The molecular weight excluding hydrogens is 318 g/mol. The van der Waals surface area contributed by atoms with Gasteiger partial charge in [-0.1, -0.05) is 101 Å². The number of Topliss-reactive ketones (excluding diaryl/α,β-unsaturated/α-hetero) is 1. The van der Waals surface area contributed by atoms with Gasteiger partial charge in [0.25, 0.3) is 0 Å². The highest BCUT2D eigenvalue weighted by atomic mass is 16.1. The average molecular weight is 358 g/mol. The first-order valence-electron chi connectivity index (χ1n) is 11.1. The summed E-state index contributed by atoms with van der Waals surface area (Å²) in [6, 6.07) is 10.6. The average Bonchev–Trinajstić information content (AvgIpc) is 2.66. The molecule has 1 aromatic carbocycles. The van der Waals surface area contributed by atoms with Gasteiger partial charge in [-0.3, -0.25) is 9.69 Å². The molecule has 0 saturated carbocycles. The minimum atomic E-state index is 0.279. The first-order chi connectivity index (χ1) is 12.8. The zero-order valence-electron chi connectivity index (χ0n) is 16.9. The summed E-state index contributed by atoms with van der Waals surface area (Å²) < 4.78 is 0. The number of ketones is 1. The second-order valence-corrected chi connectivity index (χ2v) is 8.10. The topological polar surface area (TPSA) is 20.3 Å². The van der Waals surface area contributed by atoms with Crippen LogP contribution in [-0.2, 0) is 11.3 Å². The number of rotatable bonds is 13. The molecule has 1 atom stereocenters. The molecule has 1 aromatic rings. The van der Waals surface area contributed by atoms with E-state index in [4.69, 9.17) is 0 Å². The summed E-state index contributed by atoms with van der Waals surface area (Å²) in [6.07, 6.45) is 15.5. The molecule has 1 fully saturated rings. The normalized spacial score (nSPS) is 18.3. The van der Waals surface area contributed by atoms with Crippen molar-refractivity contribution in [3.63, 3.8) is 0 Å². The molecule has 26 heavy (non-hydrogen) atoms. The third-order valence-electron chi connectivity index (χ3n) is 5.76. The predicted molar refractivity (Wildman–Crippen MR) is 111 cm³/mol. The summed E-state index contributed by atoms with van der Waals surface area (Å²) in [4.78, 5) is 14.7. The van der Waals surface area contributed by atoms with Crippen LogP contribution in [0.2, 0.25) is 0 Å². The molecule has 1 saturated heterocycles.